The highest BCUT2D eigenvalue weighted by Gasteiger charge is 2.27. The van der Waals surface area contributed by atoms with Gasteiger partial charge in [0.2, 0.25) is 21.1 Å². The van der Waals surface area contributed by atoms with Crippen LogP contribution in [0.15, 0.2) is 34.3 Å². The van der Waals surface area contributed by atoms with Crippen LogP contribution in [0.3, 0.4) is 0 Å². The van der Waals surface area contributed by atoms with Crippen molar-refractivity contribution < 1.29 is 13.2 Å². The Morgan fingerprint density at radius 1 is 1.13 bits per heavy atom. The van der Waals surface area contributed by atoms with Gasteiger partial charge in [0, 0.05) is 18.8 Å². The van der Waals surface area contributed by atoms with Gasteiger partial charge in [0.15, 0.2) is 0 Å². The lowest BCUT2D eigenvalue weighted by atomic mass is 10.3. The fourth-order valence-corrected chi connectivity index (χ4v) is 6.26. The molecule has 11 heteroatoms. The van der Waals surface area contributed by atoms with Crippen molar-refractivity contribution >= 4 is 33.4 Å². The Morgan fingerprint density at radius 2 is 1.80 bits per heavy atom. The van der Waals surface area contributed by atoms with Gasteiger partial charge in [-0.05, 0) is 67.3 Å². The number of nitrogens with zero attached hydrogens (tertiary/aromatic N) is 5. The third-order valence-corrected chi connectivity index (χ3v) is 8.57. The first kappa shape index (κ1) is 21.3. The van der Waals surface area contributed by atoms with Gasteiger partial charge in [0.1, 0.15) is 0 Å². The van der Waals surface area contributed by atoms with Crippen molar-refractivity contribution in [3.8, 4) is 0 Å². The van der Waals surface area contributed by atoms with Gasteiger partial charge in [-0.1, -0.05) is 24.6 Å². The Labute approximate surface area is 180 Å². The molecule has 162 valence electrons. The number of sulfonamides is 1. The molecule has 30 heavy (non-hydrogen) atoms. The monoisotopic (exact) mass is 450 g/mol. The van der Waals surface area contributed by atoms with E-state index in [1.807, 2.05) is 4.68 Å². The summed E-state index contributed by atoms with van der Waals surface area (Å²) in [6.45, 7) is 2.94. The molecule has 1 aliphatic heterocycles. The van der Waals surface area contributed by atoms with E-state index in [4.69, 9.17) is 0 Å². The number of thioether (sulfide) groups is 1. The zero-order chi connectivity index (χ0) is 21.1. The molecule has 2 aromatic rings. The predicted molar refractivity (Wildman–Crippen MR) is 114 cm³/mol. The van der Waals surface area contributed by atoms with E-state index in [2.05, 4.69) is 20.8 Å². The predicted octanol–water partition coefficient (Wildman–Crippen LogP) is 2.69. The second kappa shape index (κ2) is 9.03. The largest absolute Gasteiger partial charge is 0.325 e. The molecule has 0 unspecified atom stereocenters. The molecular formula is C19H26N6O3S2. The van der Waals surface area contributed by atoms with Crippen molar-refractivity contribution in [2.45, 2.75) is 66.8 Å². The lowest BCUT2D eigenvalue weighted by Gasteiger charge is -2.16. The molecule has 0 bridgehead atoms. The van der Waals surface area contributed by atoms with E-state index in [-0.39, 0.29) is 10.8 Å². The first-order chi connectivity index (χ1) is 14.4. The number of hydrogen-bond donors (Lipinski definition) is 1. The summed E-state index contributed by atoms with van der Waals surface area (Å²) >= 11 is 1.33. The van der Waals surface area contributed by atoms with Crippen molar-refractivity contribution in [2.24, 2.45) is 0 Å². The fraction of sp³-hybridized carbons (Fsp3) is 0.579. The summed E-state index contributed by atoms with van der Waals surface area (Å²) in [6, 6.07) is 6.65. The van der Waals surface area contributed by atoms with Crippen LogP contribution in [-0.2, 0) is 14.8 Å². The van der Waals surface area contributed by atoms with Gasteiger partial charge in [0.25, 0.3) is 0 Å². The van der Waals surface area contributed by atoms with E-state index in [0.29, 0.717) is 30.0 Å². The highest BCUT2D eigenvalue weighted by molar-refractivity contribution is 8.00. The molecule has 2 aliphatic rings. The summed E-state index contributed by atoms with van der Waals surface area (Å²) in [5.41, 5.74) is 0.559. The molecule has 1 N–H and O–H groups in total. The molecule has 1 saturated carbocycles. The number of benzene rings is 1. The summed E-state index contributed by atoms with van der Waals surface area (Å²) in [7, 11) is -3.46. The van der Waals surface area contributed by atoms with Gasteiger partial charge >= 0.3 is 0 Å². The molecule has 4 rings (SSSR count). The Balaban J connectivity index is 1.37. The second-order valence-corrected chi connectivity index (χ2v) is 11.0. The van der Waals surface area contributed by atoms with Gasteiger partial charge in [-0.25, -0.2) is 13.1 Å². The maximum Gasteiger partial charge on any atom is 0.243 e. The topological polar surface area (TPSA) is 110 Å². The molecule has 2 fully saturated rings. The molecule has 0 radical (unpaired) electrons. The number of anilines is 1. The Kier molecular flexibility index (Phi) is 6.40. The Morgan fingerprint density at radius 3 is 2.47 bits per heavy atom. The minimum atomic E-state index is -3.46. The number of tetrazole rings is 1. The van der Waals surface area contributed by atoms with Crippen molar-refractivity contribution in [2.75, 3.05) is 18.4 Å². The smallest absolute Gasteiger partial charge is 0.243 e. The molecule has 1 saturated heterocycles. The molecule has 9 nitrogen and oxygen atoms in total. The number of hydrogen-bond acceptors (Lipinski definition) is 7. The minimum Gasteiger partial charge on any atom is -0.325 e. The summed E-state index contributed by atoms with van der Waals surface area (Å²) in [6.07, 6.45) is 6.26. The number of nitrogens with one attached hydrogen (secondary N) is 1. The van der Waals surface area contributed by atoms with Crippen LogP contribution < -0.4 is 5.32 Å². The van der Waals surface area contributed by atoms with Crippen molar-refractivity contribution in [1.82, 2.24) is 24.5 Å². The van der Waals surface area contributed by atoms with E-state index in [0.717, 1.165) is 25.7 Å². The van der Waals surface area contributed by atoms with Crippen molar-refractivity contribution in [3.05, 3.63) is 24.3 Å². The summed E-state index contributed by atoms with van der Waals surface area (Å²) < 4.78 is 28.6. The summed E-state index contributed by atoms with van der Waals surface area (Å²) in [5, 5.41) is 15.1. The molecule has 1 aliphatic carbocycles. The van der Waals surface area contributed by atoms with Gasteiger partial charge in [-0.3, -0.25) is 4.79 Å². The lowest BCUT2D eigenvalue weighted by molar-refractivity contribution is -0.115. The quantitative estimate of drug-likeness (QED) is 0.646. The number of amides is 1. The average molecular weight is 451 g/mol. The van der Waals surface area contributed by atoms with Crippen molar-refractivity contribution in [3.63, 3.8) is 0 Å². The van der Waals surface area contributed by atoms with Gasteiger partial charge in [0.05, 0.1) is 16.2 Å². The summed E-state index contributed by atoms with van der Waals surface area (Å²) in [4.78, 5) is 12.9. The minimum absolute atomic E-state index is 0.184. The third-order valence-electron chi connectivity index (χ3n) is 5.61. The van der Waals surface area contributed by atoms with E-state index in [1.54, 1.807) is 31.2 Å². The van der Waals surface area contributed by atoms with E-state index < -0.39 is 15.3 Å². The van der Waals surface area contributed by atoms with Gasteiger partial charge < -0.3 is 5.32 Å². The Bertz CT molecular complexity index is 980. The van der Waals surface area contributed by atoms with Gasteiger partial charge in [-0.15, -0.1) is 5.10 Å². The Hall–Kier alpha value is -1.98. The molecule has 1 atom stereocenters. The maximum absolute atomic E-state index is 12.6. The number of rotatable bonds is 7. The molecule has 2 heterocycles. The van der Waals surface area contributed by atoms with Crippen LogP contribution in [0.25, 0.3) is 0 Å². The second-order valence-electron chi connectivity index (χ2n) is 7.73. The van der Waals surface area contributed by atoms with Crippen LogP contribution in [0.1, 0.15) is 51.5 Å². The first-order valence-corrected chi connectivity index (χ1v) is 12.6. The van der Waals surface area contributed by atoms with E-state index >= 15 is 0 Å². The van der Waals surface area contributed by atoms with Crippen LogP contribution in [0.2, 0.25) is 0 Å². The van der Waals surface area contributed by atoms with Crippen LogP contribution in [0, 0.1) is 0 Å². The molecule has 0 spiro atoms. The maximum atomic E-state index is 12.6. The molecule has 1 amide bonds. The fourth-order valence-electron chi connectivity index (χ4n) is 3.88. The molecule has 1 aromatic carbocycles. The van der Waals surface area contributed by atoms with Crippen molar-refractivity contribution in [1.29, 1.82) is 0 Å². The van der Waals surface area contributed by atoms with E-state index in [9.17, 15) is 13.2 Å². The number of carbonyl (C=O) groups excluding carboxylic acids is 1. The SMILES string of the molecule is C[C@H](Sc1nnnn1C1CCCC1)C(=O)Nc1ccc(S(=O)(=O)N2CCCC2)cc1. The highest BCUT2D eigenvalue weighted by Crippen LogP contribution is 2.32. The van der Waals surface area contributed by atoms with Crippen LogP contribution in [-0.4, -0.2) is 57.2 Å². The number of aromatic nitrogens is 4. The van der Waals surface area contributed by atoms with Crippen LogP contribution in [0.4, 0.5) is 5.69 Å². The van der Waals surface area contributed by atoms with Crippen LogP contribution in [0.5, 0.6) is 0 Å². The average Bonchev–Trinajstić information content (AvgIpc) is 3.49. The lowest BCUT2D eigenvalue weighted by Crippen LogP contribution is -2.28. The standard InChI is InChI=1S/C19H26N6O3S2/c1-14(29-19-21-22-23-25(19)16-6-2-3-7-16)18(26)20-15-8-10-17(11-9-15)30(27,28)24-12-4-5-13-24/h8-11,14,16H,2-7,12-13H2,1H3,(H,20,26)/t14-/m0/s1. The number of carbonyl (C=O) groups is 1. The normalized spacial score (nSPS) is 19.2. The summed E-state index contributed by atoms with van der Waals surface area (Å²) in [5.74, 6) is -0.184. The molecule has 1 aromatic heterocycles. The molecular weight excluding hydrogens is 424 g/mol. The van der Waals surface area contributed by atoms with Gasteiger partial charge in [-0.2, -0.15) is 4.31 Å². The third kappa shape index (κ3) is 4.52. The first-order valence-electron chi connectivity index (χ1n) is 10.3. The van der Waals surface area contributed by atoms with E-state index in [1.165, 1.54) is 28.9 Å². The zero-order valence-corrected chi connectivity index (χ0v) is 18.5. The highest BCUT2D eigenvalue weighted by atomic mass is 32.2. The van der Waals surface area contributed by atoms with Crippen LogP contribution >= 0.6 is 11.8 Å². The zero-order valence-electron chi connectivity index (χ0n) is 16.9.